The summed E-state index contributed by atoms with van der Waals surface area (Å²) in [4.78, 5) is 5.36. The lowest BCUT2D eigenvalue weighted by Crippen LogP contribution is -2.42. The molecule has 4 unspecified atom stereocenters. The number of likely N-dealkylation sites (tertiary alicyclic amines) is 1. The monoisotopic (exact) mass is 279 g/mol. The molecule has 0 spiro atoms. The molecule has 2 saturated heterocycles. The van der Waals surface area contributed by atoms with Gasteiger partial charge in [0.1, 0.15) is 0 Å². The SMILES string of the molecule is CCN(CC)C1CCN(CC2CC3CCCCC3N2)C1. The van der Waals surface area contributed by atoms with E-state index < -0.39 is 0 Å². The highest BCUT2D eigenvalue weighted by molar-refractivity contribution is 4.95. The molecule has 0 amide bonds. The molecule has 1 aliphatic carbocycles. The van der Waals surface area contributed by atoms with Crippen LogP contribution < -0.4 is 5.32 Å². The highest BCUT2D eigenvalue weighted by Gasteiger charge is 2.36. The summed E-state index contributed by atoms with van der Waals surface area (Å²) in [6.07, 6.45) is 8.66. The Morgan fingerprint density at radius 1 is 1.10 bits per heavy atom. The smallest absolute Gasteiger partial charge is 0.0235 e. The van der Waals surface area contributed by atoms with Crippen molar-refractivity contribution >= 4 is 0 Å². The molecular formula is C17H33N3. The molecule has 0 bridgehead atoms. The van der Waals surface area contributed by atoms with E-state index >= 15 is 0 Å². The van der Waals surface area contributed by atoms with E-state index in [1.54, 1.807) is 0 Å². The highest BCUT2D eigenvalue weighted by atomic mass is 15.3. The predicted molar refractivity (Wildman–Crippen MR) is 85.1 cm³/mol. The van der Waals surface area contributed by atoms with Gasteiger partial charge in [-0.25, -0.2) is 0 Å². The molecule has 3 heteroatoms. The summed E-state index contributed by atoms with van der Waals surface area (Å²) in [6, 6.07) is 2.45. The van der Waals surface area contributed by atoms with Crippen molar-refractivity contribution in [3.63, 3.8) is 0 Å². The molecule has 3 nitrogen and oxygen atoms in total. The van der Waals surface area contributed by atoms with Gasteiger partial charge in [-0.2, -0.15) is 0 Å². The Labute approximate surface area is 125 Å². The van der Waals surface area contributed by atoms with Crippen molar-refractivity contribution in [1.29, 1.82) is 0 Å². The van der Waals surface area contributed by atoms with Gasteiger partial charge in [-0.3, -0.25) is 4.90 Å². The van der Waals surface area contributed by atoms with E-state index in [-0.39, 0.29) is 0 Å². The number of rotatable bonds is 5. The highest BCUT2D eigenvalue weighted by Crippen LogP contribution is 2.33. The number of nitrogens with zero attached hydrogens (tertiary/aromatic N) is 2. The van der Waals surface area contributed by atoms with E-state index in [9.17, 15) is 0 Å². The Kier molecular flexibility index (Phi) is 5.00. The Morgan fingerprint density at radius 3 is 2.65 bits per heavy atom. The molecule has 20 heavy (non-hydrogen) atoms. The Bertz CT molecular complexity index is 289. The third-order valence-corrected chi connectivity index (χ3v) is 6.00. The summed E-state index contributed by atoms with van der Waals surface area (Å²) in [6.45, 7) is 10.9. The van der Waals surface area contributed by atoms with Crippen LogP contribution in [0.4, 0.5) is 0 Å². The van der Waals surface area contributed by atoms with Crippen molar-refractivity contribution in [1.82, 2.24) is 15.1 Å². The Morgan fingerprint density at radius 2 is 1.90 bits per heavy atom. The first kappa shape index (κ1) is 14.8. The molecular weight excluding hydrogens is 246 g/mol. The second-order valence-electron chi connectivity index (χ2n) is 7.17. The van der Waals surface area contributed by atoms with Crippen LogP contribution in [-0.2, 0) is 0 Å². The molecule has 116 valence electrons. The molecule has 2 aliphatic heterocycles. The van der Waals surface area contributed by atoms with Gasteiger partial charge in [-0.1, -0.05) is 26.7 Å². The van der Waals surface area contributed by atoms with Crippen LogP contribution in [0, 0.1) is 5.92 Å². The Balaban J connectivity index is 1.45. The molecule has 0 aromatic carbocycles. The van der Waals surface area contributed by atoms with Gasteiger partial charge >= 0.3 is 0 Å². The first-order chi connectivity index (χ1) is 9.80. The topological polar surface area (TPSA) is 18.5 Å². The number of hydrogen-bond acceptors (Lipinski definition) is 3. The zero-order chi connectivity index (χ0) is 13.9. The molecule has 3 rings (SSSR count). The standard InChI is InChI=1S/C17H33N3/c1-3-20(4-2)16-9-10-19(13-16)12-15-11-14-7-5-6-8-17(14)18-15/h14-18H,3-13H2,1-2H3. The van der Waals surface area contributed by atoms with Crippen LogP contribution in [0.1, 0.15) is 52.4 Å². The van der Waals surface area contributed by atoms with E-state index in [0.29, 0.717) is 0 Å². The fourth-order valence-corrected chi connectivity index (χ4v) is 4.90. The minimum absolute atomic E-state index is 0.776. The third-order valence-electron chi connectivity index (χ3n) is 6.00. The maximum absolute atomic E-state index is 3.94. The normalized spacial score (nSPS) is 38.5. The van der Waals surface area contributed by atoms with E-state index in [4.69, 9.17) is 0 Å². The van der Waals surface area contributed by atoms with Gasteiger partial charge in [0, 0.05) is 31.2 Å². The van der Waals surface area contributed by atoms with E-state index in [1.165, 1.54) is 71.2 Å². The lowest BCUT2D eigenvalue weighted by Gasteiger charge is -2.27. The first-order valence-corrected chi connectivity index (χ1v) is 9.02. The lowest BCUT2D eigenvalue weighted by molar-refractivity contribution is 0.206. The van der Waals surface area contributed by atoms with E-state index in [2.05, 4.69) is 29.0 Å². The van der Waals surface area contributed by atoms with Crippen molar-refractivity contribution in [3.05, 3.63) is 0 Å². The zero-order valence-corrected chi connectivity index (χ0v) is 13.5. The number of fused-ring (bicyclic) bond motifs is 1. The molecule has 3 fully saturated rings. The van der Waals surface area contributed by atoms with Crippen molar-refractivity contribution in [3.8, 4) is 0 Å². The van der Waals surface area contributed by atoms with Gasteiger partial charge < -0.3 is 10.2 Å². The van der Waals surface area contributed by atoms with Crippen LogP contribution in [0.25, 0.3) is 0 Å². The van der Waals surface area contributed by atoms with Crippen LogP contribution in [0.5, 0.6) is 0 Å². The minimum Gasteiger partial charge on any atom is -0.310 e. The van der Waals surface area contributed by atoms with Gasteiger partial charge in [0.05, 0.1) is 0 Å². The van der Waals surface area contributed by atoms with Crippen LogP contribution in [0.3, 0.4) is 0 Å². The van der Waals surface area contributed by atoms with Gasteiger partial charge in [-0.15, -0.1) is 0 Å². The van der Waals surface area contributed by atoms with Crippen LogP contribution >= 0.6 is 0 Å². The average Bonchev–Trinajstić information content (AvgIpc) is 3.07. The summed E-state index contributed by atoms with van der Waals surface area (Å²) in [7, 11) is 0. The van der Waals surface area contributed by atoms with E-state index in [0.717, 1.165) is 24.0 Å². The van der Waals surface area contributed by atoms with Crippen molar-refractivity contribution in [2.75, 3.05) is 32.7 Å². The minimum atomic E-state index is 0.776. The molecule has 0 radical (unpaired) electrons. The molecule has 3 aliphatic rings. The second-order valence-corrected chi connectivity index (χ2v) is 7.17. The van der Waals surface area contributed by atoms with E-state index in [1.807, 2.05) is 0 Å². The fraction of sp³-hybridized carbons (Fsp3) is 1.00. The molecule has 0 aromatic rings. The summed E-state index contributed by atoms with van der Waals surface area (Å²) in [5.41, 5.74) is 0. The molecule has 2 heterocycles. The van der Waals surface area contributed by atoms with Crippen LogP contribution in [0.2, 0.25) is 0 Å². The summed E-state index contributed by atoms with van der Waals surface area (Å²) >= 11 is 0. The predicted octanol–water partition coefficient (Wildman–Crippen LogP) is 2.32. The summed E-state index contributed by atoms with van der Waals surface area (Å²) < 4.78 is 0. The molecule has 0 aromatic heterocycles. The van der Waals surface area contributed by atoms with Crippen molar-refractivity contribution in [2.45, 2.75) is 70.5 Å². The van der Waals surface area contributed by atoms with Gasteiger partial charge in [-0.05, 0) is 51.2 Å². The summed E-state index contributed by atoms with van der Waals surface area (Å²) in [5.74, 6) is 0.995. The fourth-order valence-electron chi connectivity index (χ4n) is 4.90. The van der Waals surface area contributed by atoms with Gasteiger partial charge in [0.2, 0.25) is 0 Å². The van der Waals surface area contributed by atoms with Crippen molar-refractivity contribution < 1.29 is 0 Å². The third kappa shape index (κ3) is 3.20. The van der Waals surface area contributed by atoms with Crippen LogP contribution in [-0.4, -0.2) is 60.6 Å². The number of hydrogen-bond donors (Lipinski definition) is 1. The average molecular weight is 279 g/mol. The molecule has 4 atom stereocenters. The van der Waals surface area contributed by atoms with Gasteiger partial charge in [0.15, 0.2) is 0 Å². The lowest BCUT2D eigenvalue weighted by atomic mass is 9.85. The largest absolute Gasteiger partial charge is 0.310 e. The number of likely N-dealkylation sites (N-methyl/N-ethyl adjacent to an activating group) is 1. The molecule has 1 saturated carbocycles. The summed E-state index contributed by atoms with van der Waals surface area (Å²) in [5, 5.41) is 3.94. The van der Waals surface area contributed by atoms with Crippen molar-refractivity contribution in [2.24, 2.45) is 5.92 Å². The maximum Gasteiger partial charge on any atom is 0.0235 e. The van der Waals surface area contributed by atoms with Gasteiger partial charge in [0.25, 0.3) is 0 Å². The molecule has 1 N–H and O–H groups in total. The first-order valence-electron chi connectivity index (χ1n) is 9.02. The Hall–Kier alpha value is -0.120. The quantitative estimate of drug-likeness (QED) is 0.833. The second kappa shape index (κ2) is 6.76. The van der Waals surface area contributed by atoms with Crippen LogP contribution in [0.15, 0.2) is 0 Å². The zero-order valence-electron chi connectivity index (χ0n) is 13.5. The maximum atomic E-state index is 3.94. The number of nitrogens with one attached hydrogen (secondary N) is 1.